The maximum absolute atomic E-state index is 13.6. The van der Waals surface area contributed by atoms with E-state index in [2.05, 4.69) is 5.32 Å². The van der Waals surface area contributed by atoms with Gasteiger partial charge in [-0.1, -0.05) is 48.5 Å². The Bertz CT molecular complexity index is 1580. The molecule has 2 aromatic rings. The van der Waals surface area contributed by atoms with Crippen molar-refractivity contribution in [3.8, 4) is 11.1 Å². The maximum atomic E-state index is 13.6. The first-order chi connectivity index (χ1) is 24.0. The van der Waals surface area contributed by atoms with E-state index in [1.165, 1.54) is 4.90 Å². The molecule has 3 saturated heterocycles. The topological polar surface area (TPSA) is 151 Å². The van der Waals surface area contributed by atoms with Crippen molar-refractivity contribution in [1.82, 2.24) is 10.2 Å². The molecule has 0 radical (unpaired) electrons. The number of nitrogens with zero attached hydrogens (tertiary/aromatic N) is 1. The second-order valence-electron chi connectivity index (χ2n) is 15.6. The van der Waals surface area contributed by atoms with E-state index in [-0.39, 0.29) is 44.7 Å². The van der Waals surface area contributed by atoms with Crippen molar-refractivity contribution >= 4 is 18.2 Å². The predicted molar refractivity (Wildman–Crippen MR) is 184 cm³/mol. The highest BCUT2D eigenvalue weighted by atomic mass is 16.9. The number of ether oxygens (including phenoxy) is 7. The average Bonchev–Trinajstić information content (AvgIpc) is 3.64. The molecule has 0 aromatic heterocycles. The molecule has 278 valence electrons. The number of nitrogens with one attached hydrogen (secondary N) is 1. The molecule has 2 amide bonds. The van der Waals surface area contributed by atoms with E-state index in [9.17, 15) is 19.5 Å². The number of benzene rings is 2. The Hall–Kier alpha value is -3.75. The van der Waals surface area contributed by atoms with Crippen LogP contribution in [0, 0.1) is 0 Å². The van der Waals surface area contributed by atoms with Crippen molar-refractivity contribution in [2.45, 2.75) is 121 Å². The minimum Gasteiger partial charge on any atom is -0.480 e. The van der Waals surface area contributed by atoms with Gasteiger partial charge < -0.3 is 48.5 Å². The molecule has 2 N–H and O–H groups in total. The first kappa shape index (κ1) is 37.0. The Kier molecular flexibility index (Phi) is 10.2. The Morgan fingerprint density at radius 2 is 1.59 bits per heavy atom. The fourth-order valence-electron chi connectivity index (χ4n) is 7.48. The van der Waals surface area contributed by atoms with Crippen LogP contribution in [0.15, 0.2) is 48.5 Å². The number of carboxylic acid groups (broad SMARTS) is 1. The number of hydrogen-bond acceptors (Lipinski definition) is 10. The van der Waals surface area contributed by atoms with Crippen LogP contribution in [0.2, 0.25) is 0 Å². The number of carbonyl (C=O) groups is 3. The Morgan fingerprint density at radius 1 is 0.941 bits per heavy atom. The summed E-state index contributed by atoms with van der Waals surface area (Å²) in [6.45, 7) is 13.0. The first-order valence-electron chi connectivity index (χ1n) is 17.7. The Morgan fingerprint density at radius 3 is 2.22 bits per heavy atom. The van der Waals surface area contributed by atoms with E-state index in [1.54, 1.807) is 34.6 Å². The molecule has 4 aliphatic rings. The monoisotopic (exact) mass is 710 g/mol. The number of hydrogen-bond donors (Lipinski definition) is 2. The van der Waals surface area contributed by atoms with Gasteiger partial charge in [-0.2, -0.15) is 0 Å². The molecule has 3 heterocycles. The zero-order chi connectivity index (χ0) is 36.8. The van der Waals surface area contributed by atoms with Crippen LogP contribution in [0.4, 0.5) is 9.59 Å². The zero-order valence-corrected chi connectivity index (χ0v) is 30.4. The van der Waals surface area contributed by atoms with E-state index < -0.39 is 59.4 Å². The Balaban J connectivity index is 1.07. The molecule has 2 aromatic carbocycles. The van der Waals surface area contributed by atoms with Gasteiger partial charge in [-0.15, -0.1) is 0 Å². The summed E-state index contributed by atoms with van der Waals surface area (Å²) in [4.78, 5) is 40.1. The quantitative estimate of drug-likeness (QED) is 0.273. The summed E-state index contributed by atoms with van der Waals surface area (Å²) in [7, 11) is 0. The molecule has 0 spiro atoms. The lowest BCUT2D eigenvalue weighted by molar-refractivity contribution is -0.285. The van der Waals surface area contributed by atoms with E-state index in [4.69, 9.17) is 33.2 Å². The average molecular weight is 711 g/mol. The smallest absolute Gasteiger partial charge is 0.410 e. The van der Waals surface area contributed by atoms with Crippen LogP contribution in [-0.2, 0) is 38.0 Å². The third kappa shape index (κ3) is 8.18. The molecule has 6 rings (SSSR count). The van der Waals surface area contributed by atoms with Crippen LogP contribution in [-0.4, -0.2) is 102 Å². The van der Waals surface area contributed by atoms with Gasteiger partial charge >= 0.3 is 18.2 Å². The highest BCUT2D eigenvalue weighted by Gasteiger charge is 2.66. The second kappa shape index (κ2) is 14.0. The first-order valence-corrected chi connectivity index (χ1v) is 17.7. The minimum atomic E-state index is -1.36. The fourth-order valence-corrected chi connectivity index (χ4v) is 7.48. The lowest BCUT2D eigenvalue weighted by Gasteiger charge is -2.43. The zero-order valence-electron chi connectivity index (χ0n) is 30.4. The van der Waals surface area contributed by atoms with E-state index in [0.717, 1.165) is 22.3 Å². The maximum Gasteiger partial charge on any atom is 0.410 e. The van der Waals surface area contributed by atoms with Crippen LogP contribution < -0.4 is 5.32 Å². The van der Waals surface area contributed by atoms with E-state index in [0.29, 0.717) is 12.8 Å². The van der Waals surface area contributed by atoms with Gasteiger partial charge in [0, 0.05) is 12.5 Å². The van der Waals surface area contributed by atoms with Crippen molar-refractivity contribution in [2.75, 3.05) is 26.3 Å². The Labute approximate surface area is 298 Å². The third-order valence-electron chi connectivity index (χ3n) is 9.44. The number of fused-ring (bicyclic) bond motifs is 6. The van der Waals surface area contributed by atoms with Crippen LogP contribution in [0.25, 0.3) is 11.1 Å². The van der Waals surface area contributed by atoms with Gasteiger partial charge in [-0.3, -0.25) is 0 Å². The largest absolute Gasteiger partial charge is 0.480 e. The minimum absolute atomic E-state index is 0.0244. The molecule has 13 nitrogen and oxygen atoms in total. The molecule has 3 aliphatic heterocycles. The van der Waals surface area contributed by atoms with Crippen molar-refractivity contribution in [1.29, 1.82) is 0 Å². The molecule has 0 saturated carbocycles. The van der Waals surface area contributed by atoms with Crippen molar-refractivity contribution in [2.24, 2.45) is 0 Å². The number of carbonyl (C=O) groups excluding carboxylic acids is 2. The summed E-state index contributed by atoms with van der Waals surface area (Å²) in [5.41, 5.74) is 3.55. The molecular weight excluding hydrogens is 660 g/mol. The molecule has 5 atom stereocenters. The number of rotatable bonds is 11. The molecule has 13 heteroatoms. The van der Waals surface area contributed by atoms with Gasteiger partial charge in [0.25, 0.3) is 0 Å². The van der Waals surface area contributed by atoms with Gasteiger partial charge in [0.15, 0.2) is 11.6 Å². The highest BCUT2D eigenvalue weighted by Crippen LogP contribution is 2.48. The summed E-state index contributed by atoms with van der Waals surface area (Å²) in [6.07, 6.45) is -2.06. The molecular formula is C38H50N2O11. The van der Waals surface area contributed by atoms with Gasteiger partial charge in [0.05, 0.1) is 13.2 Å². The highest BCUT2D eigenvalue weighted by molar-refractivity contribution is 5.81. The van der Waals surface area contributed by atoms with E-state index >= 15 is 0 Å². The van der Waals surface area contributed by atoms with Gasteiger partial charge in [0.2, 0.25) is 5.79 Å². The number of amides is 2. The summed E-state index contributed by atoms with van der Waals surface area (Å²) >= 11 is 0. The summed E-state index contributed by atoms with van der Waals surface area (Å²) in [6, 6.07) is 14.8. The van der Waals surface area contributed by atoms with Gasteiger partial charge in [-0.05, 0) is 90.0 Å². The van der Waals surface area contributed by atoms with Crippen LogP contribution in [0.3, 0.4) is 0 Å². The lowest BCUT2D eigenvalue weighted by Crippen LogP contribution is -2.63. The molecule has 0 unspecified atom stereocenters. The van der Waals surface area contributed by atoms with Crippen molar-refractivity contribution < 1.29 is 52.6 Å². The van der Waals surface area contributed by atoms with Crippen molar-refractivity contribution in [3.63, 3.8) is 0 Å². The predicted octanol–water partition coefficient (Wildman–Crippen LogP) is 5.78. The van der Waals surface area contributed by atoms with Gasteiger partial charge in [0.1, 0.15) is 36.6 Å². The molecule has 1 aliphatic carbocycles. The third-order valence-corrected chi connectivity index (χ3v) is 9.44. The molecule has 51 heavy (non-hydrogen) atoms. The second-order valence-corrected chi connectivity index (χ2v) is 15.6. The van der Waals surface area contributed by atoms with E-state index in [1.807, 2.05) is 62.4 Å². The molecule has 0 bridgehead atoms. The van der Waals surface area contributed by atoms with Crippen LogP contribution in [0.5, 0.6) is 0 Å². The van der Waals surface area contributed by atoms with Crippen molar-refractivity contribution in [3.05, 3.63) is 59.7 Å². The number of alkyl carbamates (subject to hydrolysis) is 1. The number of unbranched alkanes of at least 4 members (excludes halogenated alkanes) is 1. The fraction of sp³-hybridized carbons (Fsp3) is 0.605. The summed E-state index contributed by atoms with van der Waals surface area (Å²) < 4.78 is 42.6. The van der Waals surface area contributed by atoms with Crippen LogP contribution in [0.1, 0.15) is 84.8 Å². The molecule has 3 fully saturated rings. The summed E-state index contributed by atoms with van der Waals surface area (Å²) in [5, 5.41) is 12.5. The van der Waals surface area contributed by atoms with Crippen LogP contribution >= 0.6 is 0 Å². The number of aliphatic carboxylic acids is 1. The SMILES string of the molecule is CC(C)(C)OC(=O)N(CCCC[C@@H](NC(=O)OCC1c2ccccc2-c2ccccc21)C(=O)O)C[C@@]12OC[C@H]3OC(C)(C)O[C@H]3[C@H]1OC(C)(C)O2. The summed E-state index contributed by atoms with van der Waals surface area (Å²) in [5.74, 6) is -4.57. The lowest BCUT2D eigenvalue weighted by atomic mass is 9.96. The standard InChI is InChI=1S/C38H50N2O11/c1-35(2,3)50-34(44)40(22-38-31(49-37(6,7)51-38)30-29(21-46-38)47-36(4,5)48-30)19-13-12-18-28(32(41)42)39-33(43)45-20-27-25-16-10-8-14-23(25)24-15-9-11-17-26(24)27/h8-11,14-17,27-31H,12-13,18-22H2,1-7H3,(H,39,43)(H,41,42)/t28-,29-,30-,31-,38+/m1/s1. The normalized spacial score (nSPS) is 26.3. The van der Waals surface area contributed by atoms with Gasteiger partial charge in [-0.25, -0.2) is 14.4 Å². The number of carboxylic acids is 1.